The Bertz CT molecular complexity index is 1960. The molecule has 0 atom stereocenters. The van der Waals surface area contributed by atoms with E-state index in [-0.39, 0.29) is 17.6 Å². The second-order valence-corrected chi connectivity index (χ2v) is 15.4. The lowest BCUT2D eigenvalue weighted by Gasteiger charge is -2.43. The Hall–Kier alpha value is -4.57. The molecule has 0 saturated carbocycles. The van der Waals surface area contributed by atoms with Gasteiger partial charge in [-0.25, -0.2) is 22.8 Å². The molecule has 0 aromatic rings. The van der Waals surface area contributed by atoms with Crippen molar-refractivity contribution in [2.45, 2.75) is 123 Å². The molecule has 0 aliphatic carbocycles. The molecule has 11 nitrogen and oxygen atoms in total. The highest BCUT2D eigenvalue weighted by molar-refractivity contribution is 7.90. The maximum atomic E-state index is 14.4. The number of hydrogen-bond acceptors (Lipinski definition) is 7. The molecule has 41 heteroatoms. The zero-order valence-corrected chi connectivity index (χ0v) is 35.6. The summed E-state index contributed by atoms with van der Waals surface area (Å²) in [7, 11) is -7.49. The van der Waals surface area contributed by atoms with E-state index in [0.29, 0.717) is 0 Å². The molecule has 0 saturated heterocycles. The highest BCUT2D eigenvalue weighted by atomic mass is 32.2. The van der Waals surface area contributed by atoms with E-state index in [9.17, 15) is 150 Å². The Morgan fingerprint density at radius 3 is 0.875 bits per heavy atom. The van der Waals surface area contributed by atoms with Crippen LogP contribution in [0.5, 0.6) is 0 Å². The molecule has 0 amide bonds. The monoisotopic (exact) mass is 1160 g/mol. The molecule has 0 heterocycles. The van der Waals surface area contributed by atoms with Crippen molar-refractivity contribution in [1.82, 2.24) is 4.31 Å². The standard InChI is InChI=1S/C17H16F17NO4S.C6H2F12O2.2C4H6O2/c1-3-4-6-35(7-5-8(2)9(36)37)40(38,39)17(33,34)15(28,29)13(24,25)11(20,21)10(18,19)12(22,23)14(26,27)16(30,31)32;7-1(8,3(11,12)5(15,16)19)2(9,10)4(13,14)6(17,18)20;2*1-3(2)4(5)6/h2-7H2,1H3,(H,36,37);19-20H;2*1H2,2H3,(H,5,6). The van der Waals surface area contributed by atoms with E-state index in [1.165, 1.54) is 20.8 Å². The van der Waals surface area contributed by atoms with Crippen LogP contribution in [0.25, 0.3) is 0 Å². The average Bonchev–Trinajstić information content (AvgIpc) is 3.16. The highest BCUT2D eigenvalue weighted by Crippen LogP contribution is 2.65. The lowest BCUT2D eigenvalue weighted by molar-refractivity contribution is -0.468. The van der Waals surface area contributed by atoms with Crippen LogP contribution in [-0.2, 0) is 24.4 Å². The number of carbonyl (C=O) groups is 3. The van der Waals surface area contributed by atoms with Crippen molar-refractivity contribution in [3.63, 3.8) is 0 Å². The molecule has 0 fully saturated rings. The quantitative estimate of drug-likeness (QED) is 0.0515. The number of carboxylic acid groups (broad SMARTS) is 3. The van der Waals surface area contributed by atoms with Gasteiger partial charge in [0.2, 0.25) is 0 Å². The van der Waals surface area contributed by atoms with Gasteiger partial charge in [-0.05, 0) is 26.7 Å². The van der Waals surface area contributed by atoms with Crippen LogP contribution in [0.1, 0.15) is 40.0 Å². The van der Waals surface area contributed by atoms with Gasteiger partial charge in [0.25, 0.3) is 10.0 Å². The number of unbranched alkanes of at least 4 members (excludes halogenated alkanes) is 1. The first-order chi connectivity index (χ1) is 30.8. The molecule has 0 aliphatic rings. The number of hydrogen-bond donors (Lipinski definition) is 5. The fourth-order valence-corrected chi connectivity index (χ4v) is 4.78. The number of sulfonamides is 1. The molecule has 0 unspecified atom stereocenters. The van der Waals surface area contributed by atoms with E-state index in [0.717, 1.165) is 0 Å². The van der Waals surface area contributed by atoms with Crippen molar-refractivity contribution >= 4 is 27.9 Å². The normalized spacial score (nSPS) is 14.4. The molecule has 0 radical (unpaired) electrons. The van der Waals surface area contributed by atoms with Crippen molar-refractivity contribution in [3.05, 3.63) is 36.5 Å². The lowest BCUT2D eigenvalue weighted by atomic mass is 9.91. The number of aliphatic carboxylic acids is 3. The summed E-state index contributed by atoms with van der Waals surface area (Å²) in [4.78, 5) is 29.9. The number of alkyl halides is 29. The molecule has 428 valence electrons. The minimum absolute atomic E-state index is 0.176. The molecule has 0 aromatic carbocycles. The first kappa shape index (κ1) is 74.0. The lowest BCUT2D eigenvalue weighted by Crippen LogP contribution is -2.75. The van der Waals surface area contributed by atoms with Gasteiger partial charge in [0.15, 0.2) is 0 Å². The first-order valence-electron chi connectivity index (χ1n) is 16.9. The van der Waals surface area contributed by atoms with E-state index >= 15 is 0 Å². The predicted octanol–water partition coefficient (Wildman–Crippen LogP) is 10.4. The smallest absolute Gasteiger partial charge is 0.460 e. The van der Waals surface area contributed by atoms with Crippen molar-refractivity contribution < 1.29 is 176 Å². The number of nitrogens with zero attached hydrogens (tertiary/aromatic N) is 1. The van der Waals surface area contributed by atoms with Crippen LogP contribution in [0.2, 0.25) is 0 Å². The van der Waals surface area contributed by atoms with E-state index < -0.39 is 147 Å². The Kier molecular flexibility index (Phi) is 23.5. The summed E-state index contributed by atoms with van der Waals surface area (Å²) in [6.45, 7) is 10.2. The summed E-state index contributed by atoms with van der Waals surface area (Å²) in [5, 5.41) is 31.4. The van der Waals surface area contributed by atoms with Gasteiger partial charge in [0.05, 0.1) is 0 Å². The van der Waals surface area contributed by atoms with E-state index in [1.807, 2.05) is 0 Å². The van der Waals surface area contributed by atoms with E-state index in [2.05, 4.69) is 19.7 Å². The maximum Gasteiger partial charge on any atom is 0.460 e. The van der Waals surface area contributed by atoms with Crippen molar-refractivity contribution in [3.8, 4) is 0 Å². The van der Waals surface area contributed by atoms with Crippen LogP contribution in [-0.4, -0.2) is 152 Å². The Labute approximate surface area is 380 Å². The largest absolute Gasteiger partial charge is 0.478 e. The third-order valence-corrected chi connectivity index (χ3v) is 9.70. The Morgan fingerprint density at radius 2 is 0.667 bits per heavy atom. The van der Waals surface area contributed by atoms with Crippen LogP contribution >= 0.6 is 0 Å². The van der Waals surface area contributed by atoms with Gasteiger partial charge < -0.3 is 25.5 Å². The summed E-state index contributed by atoms with van der Waals surface area (Å²) < 4.78 is 397. The van der Waals surface area contributed by atoms with Crippen LogP contribution in [0.4, 0.5) is 127 Å². The second-order valence-electron chi connectivity index (χ2n) is 13.4. The Morgan fingerprint density at radius 1 is 0.431 bits per heavy atom. The average molecular weight is 1160 g/mol. The molecule has 0 bridgehead atoms. The van der Waals surface area contributed by atoms with Gasteiger partial charge in [-0.3, -0.25) is 0 Å². The van der Waals surface area contributed by atoms with E-state index in [1.54, 1.807) is 0 Å². The first-order valence-corrected chi connectivity index (χ1v) is 18.4. The molecule has 0 aliphatic heterocycles. The molecule has 72 heavy (non-hydrogen) atoms. The summed E-state index contributed by atoms with van der Waals surface area (Å²) >= 11 is 0. The van der Waals surface area contributed by atoms with Crippen LogP contribution in [0.15, 0.2) is 36.5 Å². The van der Waals surface area contributed by atoms with Crippen LogP contribution in [0, 0.1) is 0 Å². The molecule has 0 aromatic heterocycles. The topological polar surface area (TPSA) is 190 Å². The summed E-state index contributed by atoms with van der Waals surface area (Å²) in [5.41, 5.74) is -0.666. The maximum absolute atomic E-state index is 14.4. The number of carboxylic acids is 3. The minimum atomic E-state index is -8.92. The fourth-order valence-electron chi connectivity index (χ4n) is 3.30. The summed E-state index contributed by atoms with van der Waals surface area (Å²) in [5.74, 6) is -86.7. The fraction of sp³-hybridized carbons (Fsp3) is 0.710. The zero-order valence-electron chi connectivity index (χ0n) is 34.8. The number of halogens is 29. The van der Waals surface area contributed by atoms with Gasteiger partial charge in [-0.15, -0.1) is 0 Å². The van der Waals surface area contributed by atoms with Gasteiger partial charge in [0, 0.05) is 29.8 Å². The number of rotatable bonds is 22. The van der Waals surface area contributed by atoms with Gasteiger partial charge in [-0.2, -0.15) is 132 Å². The minimum Gasteiger partial charge on any atom is -0.478 e. The Balaban J connectivity index is -0.000000590. The van der Waals surface area contributed by atoms with Crippen molar-refractivity contribution in [2.24, 2.45) is 0 Å². The van der Waals surface area contributed by atoms with Crippen LogP contribution < -0.4 is 0 Å². The van der Waals surface area contributed by atoms with Crippen molar-refractivity contribution in [1.29, 1.82) is 0 Å². The molecule has 0 rings (SSSR count). The SMILES string of the molecule is C=C(C)C(=O)O.C=C(C)C(=O)O.C=C(CCN(CCCC)S(=O)(=O)C(F)(F)C(F)(F)C(F)(F)C(F)(F)C(F)(F)C(F)(F)C(F)(F)C(F)(F)F)C(=O)O.OC(F)(F)C(F)(F)C(F)(F)C(F)(F)C(F)(F)C(O)(F)F. The summed E-state index contributed by atoms with van der Waals surface area (Å²) in [6, 6.07) is 0. The zero-order chi connectivity index (χ0) is 60.1. The third kappa shape index (κ3) is 14.0. The number of aliphatic hydroxyl groups is 2. The molecule has 0 spiro atoms. The van der Waals surface area contributed by atoms with Crippen molar-refractivity contribution in [2.75, 3.05) is 13.1 Å². The highest BCUT2D eigenvalue weighted by Gasteiger charge is 2.96. The third-order valence-electron chi connectivity index (χ3n) is 7.75. The van der Waals surface area contributed by atoms with Gasteiger partial charge >= 0.3 is 101 Å². The predicted molar refractivity (Wildman–Crippen MR) is 176 cm³/mol. The molecule has 5 N–H and O–H groups in total. The molecular weight excluding hydrogens is 1130 g/mol. The summed E-state index contributed by atoms with van der Waals surface area (Å²) in [6.07, 6.45) is -23.8. The van der Waals surface area contributed by atoms with E-state index in [4.69, 9.17) is 25.5 Å². The second kappa shape index (κ2) is 22.9. The van der Waals surface area contributed by atoms with Gasteiger partial charge in [-0.1, -0.05) is 33.1 Å². The van der Waals surface area contributed by atoms with Crippen LogP contribution in [0.3, 0.4) is 0 Å². The van der Waals surface area contributed by atoms with Gasteiger partial charge in [0.1, 0.15) is 0 Å². The molecular formula is C31H30F29NO10S.